The smallest absolute Gasteiger partial charge is 0.115 e. The molecule has 0 radical (unpaired) electrons. The second-order valence-corrected chi connectivity index (χ2v) is 4.85. The normalized spacial score (nSPS) is 10.4. The Balaban J connectivity index is 2.05. The van der Waals surface area contributed by atoms with Crippen molar-refractivity contribution in [1.82, 2.24) is 9.97 Å². The summed E-state index contributed by atoms with van der Waals surface area (Å²) in [6, 6.07) is 7.22. The van der Waals surface area contributed by atoms with Crippen molar-refractivity contribution in [1.29, 1.82) is 0 Å². The fourth-order valence-corrected chi connectivity index (χ4v) is 2.40. The van der Waals surface area contributed by atoms with Crippen molar-refractivity contribution in [3.63, 3.8) is 0 Å². The summed E-state index contributed by atoms with van der Waals surface area (Å²) in [7, 11) is 0. The first-order valence-corrected chi connectivity index (χ1v) is 6.33. The van der Waals surface area contributed by atoms with Crippen LogP contribution in [0.4, 0.5) is 0 Å². The molecule has 2 aromatic heterocycles. The fourth-order valence-electron chi connectivity index (χ4n) is 1.15. The summed E-state index contributed by atoms with van der Waals surface area (Å²) in [5.41, 5.74) is 0.916. The van der Waals surface area contributed by atoms with Gasteiger partial charge in [-0.25, -0.2) is 4.98 Å². The van der Waals surface area contributed by atoms with E-state index in [0.29, 0.717) is 15.8 Å². The maximum atomic E-state index is 5.99. The van der Waals surface area contributed by atoms with Gasteiger partial charge in [-0.2, -0.15) is 0 Å². The third-order valence-electron chi connectivity index (χ3n) is 1.86. The van der Waals surface area contributed by atoms with E-state index in [4.69, 9.17) is 23.2 Å². The van der Waals surface area contributed by atoms with Crippen LogP contribution in [0.15, 0.2) is 41.7 Å². The zero-order chi connectivity index (χ0) is 11.4. The van der Waals surface area contributed by atoms with Gasteiger partial charge in [-0.3, -0.25) is 4.98 Å². The lowest BCUT2D eigenvalue weighted by Crippen LogP contribution is -1.87. The van der Waals surface area contributed by atoms with Crippen molar-refractivity contribution in [2.45, 2.75) is 10.8 Å². The topological polar surface area (TPSA) is 25.8 Å². The molecule has 2 heterocycles. The first-order chi connectivity index (χ1) is 7.75. The molecule has 2 rings (SSSR count). The molecule has 0 aliphatic heterocycles. The number of hydrogen-bond acceptors (Lipinski definition) is 3. The van der Waals surface area contributed by atoms with Crippen molar-refractivity contribution in [3.8, 4) is 0 Å². The molecule has 0 aliphatic carbocycles. The Kier molecular flexibility index (Phi) is 4.04. The second-order valence-electron chi connectivity index (χ2n) is 3.04. The molecule has 0 amide bonds. The molecule has 0 fully saturated rings. The number of nitrogens with zero attached hydrogens (tertiary/aromatic N) is 2. The van der Waals surface area contributed by atoms with Gasteiger partial charge in [-0.1, -0.05) is 35.0 Å². The minimum absolute atomic E-state index is 0.662. The van der Waals surface area contributed by atoms with Crippen LogP contribution in [0.3, 0.4) is 0 Å². The number of aromatic nitrogens is 2. The van der Waals surface area contributed by atoms with Crippen LogP contribution in [-0.2, 0) is 5.75 Å². The van der Waals surface area contributed by atoms with E-state index in [1.165, 1.54) is 0 Å². The van der Waals surface area contributed by atoms with E-state index < -0.39 is 0 Å². The SMILES string of the molecule is Clc1ccnc(CSc2ncccc2Cl)c1. The van der Waals surface area contributed by atoms with Gasteiger partial charge < -0.3 is 0 Å². The molecule has 0 aromatic carbocycles. The average Bonchev–Trinajstić information content (AvgIpc) is 2.28. The molecule has 5 heteroatoms. The first-order valence-electron chi connectivity index (χ1n) is 4.59. The Bertz CT molecular complexity index is 491. The summed E-state index contributed by atoms with van der Waals surface area (Å²) in [4.78, 5) is 8.39. The van der Waals surface area contributed by atoms with Crippen LogP contribution in [0.5, 0.6) is 0 Å². The number of rotatable bonds is 3. The standard InChI is InChI=1S/C11H8Cl2N2S/c12-8-3-5-14-9(6-8)7-16-11-10(13)2-1-4-15-11/h1-6H,7H2. The molecule has 0 unspecified atom stereocenters. The van der Waals surface area contributed by atoms with Crippen LogP contribution in [-0.4, -0.2) is 9.97 Å². The van der Waals surface area contributed by atoms with E-state index in [2.05, 4.69) is 9.97 Å². The molecule has 0 atom stereocenters. The predicted octanol–water partition coefficient (Wildman–Crippen LogP) is 4.08. The van der Waals surface area contributed by atoms with Crippen LogP contribution >= 0.6 is 35.0 Å². The number of pyridine rings is 2. The highest BCUT2D eigenvalue weighted by atomic mass is 35.5. The van der Waals surface area contributed by atoms with Crippen molar-refractivity contribution in [2.75, 3.05) is 0 Å². The van der Waals surface area contributed by atoms with E-state index in [-0.39, 0.29) is 0 Å². The number of thioether (sulfide) groups is 1. The van der Waals surface area contributed by atoms with Gasteiger partial charge in [0.25, 0.3) is 0 Å². The lowest BCUT2D eigenvalue weighted by atomic mass is 10.4. The summed E-state index contributed by atoms with van der Waals surface area (Å²) in [6.45, 7) is 0. The molecule has 2 aromatic rings. The third-order valence-corrected chi connectivity index (χ3v) is 3.55. The van der Waals surface area contributed by atoms with Crippen LogP contribution < -0.4 is 0 Å². The third kappa shape index (κ3) is 3.11. The van der Waals surface area contributed by atoms with Crippen LogP contribution in [0.25, 0.3) is 0 Å². The molecule has 0 saturated carbocycles. The lowest BCUT2D eigenvalue weighted by molar-refractivity contribution is 1.12. The van der Waals surface area contributed by atoms with Crippen LogP contribution in [0.1, 0.15) is 5.69 Å². The summed E-state index contributed by atoms with van der Waals surface area (Å²) in [5.74, 6) is 0.706. The zero-order valence-electron chi connectivity index (χ0n) is 8.23. The maximum absolute atomic E-state index is 5.99. The molecule has 0 N–H and O–H groups in total. The van der Waals surface area contributed by atoms with E-state index in [0.717, 1.165) is 10.7 Å². The second kappa shape index (κ2) is 5.53. The van der Waals surface area contributed by atoms with E-state index in [1.807, 2.05) is 18.2 Å². The molecule has 2 nitrogen and oxygen atoms in total. The quantitative estimate of drug-likeness (QED) is 0.787. The molecule has 0 aliphatic rings. The minimum Gasteiger partial charge on any atom is -0.260 e. The number of halogens is 2. The summed E-state index contributed by atoms with van der Waals surface area (Å²) in [5, 5.41) is 2.16. The molecule has 0 saturated heterocycles. The van der Waals surface area contributed by atoms with Gasteiger partial charge in [-0.15, -0.1) is 0 Å². The van der Waals surface area contributed by atoms with Crippen molar-refractivity contribution < 1.29 is 0 Å². The highest BCUT2D eigenvalue weighted by Crippen LogP contribution is 2.27. The Hall–Kier alpha value is -0.770. The van der Waals surface area contributed by atoms with Crippen molar-refractivity contribution >= 4 is 35.0 Å². The Morgan fingerprint density at radius 1 is 1.12 bits per heavy atom. The lowest BCUT2D eigenvalue weighted by Gasteiger charge is -2.02. The zero-order valence-corrected chi connectivity index (χ0v) is 10.6. The predicted molar refractivity (Wildman–Crippen MR) is 68.1 cm³/mol. The Labute approximate surface area is 108 Å². The molecular formula is C11H8Cl2N2S. The van der Waals surface area contributed by atoms with Gasteiger partial charge in [0.05, 0.1) is 10.7 Å². The van der Waals surface area contributed by atoms with Gasteiger partial charge >= 0.3 is 0 Å². The molecular weight excluding hydrogens is 263 g/mol. The van der Waals surface area contributed by atoms with Crippen LogP contribution in [0.2, 0.25) is 10.0 Å². The van der Waals surface area contributed by atoms with Crippen LogP contribution in [0, 0.1) is 0 Å². The molecule has 16 heavy (non-hydrogen) atoms. The maximum Gasteiger partial charge on any atom is 0.115 e. The molecule has 0 spiro atoms. The highest BCUT2D eigenvalue weighted by Gasteiger charge is 2.03. The van der Waals surface area contributed by atoms with Gasteiger partial charge in [0, 0.05) is 23.2 Å². The van der Waals surface area contributed by atoms with Crippen molar-refractivity contribution in [3.05, 3.63) is 52.4 Å². The highest BCUT2D eigenvalue weighted by molar-refractivity contribution is 7.98. The molecule has 0 bridgehead atoms. The fraction of sp³-hybridized carbons (Fsp3) is 0.0909. The van der Waals surface area contributed by atoms with Gasteiger partial charge in [0.1, 0.15) is 5.03 Å². The van der Waals surface area contributed by atoms with E-state index in [1.54, 1.807) is 30.2 Å². The monoisotopic (exact) mass is 270 g/mol. The summed E-state index contributed by atoms with van der Waals surface area (Å²) in [6.07, 6.45) is 3.41. The number of hydrogen-bond donors (Lipinski definition) is 0. The van der Waals surface area contributed by atoms with Gasteiger partial charge in [0.15, 0.2) is 0 Å². The Morgan fingerprint density at radius 2 is 2.00 bits per heavy atom. The minimum atomic E-state index is 0.662. The van der Waals surface area contributed by atoms with Gasteiger partial charge in [-0.05, 0) is 24.3 Å². The summed E-state index contributed by atoms with van der Waals surface area (Å²) >= 11 is 13.4. The van der Waals surface area contributed by atoms with Gasteiger partial charge in [0.2, 0.25) is 0 Å². The van der Waals surface area contributed by atoms with E-state index >= 15 is 0 Å². The Morgan fingerprint density at radius 3 is 2.75 bits per heavy atom. The van der Waals surface area contributed by atoms with E-state index in [9.17, 15) is 0 Å². The average molecular weight is 271 g/mol. The molecule has 82 valence electrons. The largest absolute Gasteiger partial charge is 0.260 e. The van der Waals surface area contributed by atoms with Crippen molar-refractivity contribution in [2.24, 2.45) is 0 Å². The first kappa shape index (κ1) is 11.7. The summed E-state index contributed by atoms with van der Waals surface area (Å²) < 4.78 is 0.